The summed E-state index contributed by atoms with van der Waals surface area (Å²) in [6.07, 6.45) is 3.75. The van der Waals surface area contributed by atoms with Gasteiger partial charge in [-0.1, -0.05) is 38.0 Å². The standard InChI is InChI=1S/C13H20N2O/c1-2-3-6-9-15-13(16)10-11-7-4-5-8-12(11)14/h4-5,7-8H,2-3,6,9-10,14H2,1H3,(H,15,16). The van der Waals surface area contributed by atoms with E-state index in [2.05, 4.69) is 12.2 Å². The largest absolute Gasteiger partial charge is 0.398 e. The molecule has 0 saturated carbocycles. The van der Waals surface area contributed by atoms with Gasteiger partial charge in [-0.3, -0.25) is 4.79 Å². The Kier molecular flexibility index (Phi) is 5.40. The Bertz CT molecular complexity index is 336. The summed E-state index contributed by atoms with van der Waals surface area (Å²) in [5, 5.41) is 2.90. The minimum atomic E-state index is 0.0500. The highest BCUT2D eigenvalue weighted by Gasteiger charge is 2.04. The SMILES string of the molecule is CCCCCNC(=O)Cc1ccccc1N. The highest BCUT2D eigenvalue weighted by atomic mass is 16.1. The smallest absolute Gasteiger partial charge is 0.224 e. The Labute approximate surface area is 97.0 Å². The van der Waals surface area contributed by atoms with Gasteiger partial charge < -0.3 is 11.1 Å². The summed E-state index contributed by atoms with van der Waals surface area (Å²) in [6, 6.07) is 7.48. The van der Waals surface area contributed by atoms with E-state index in [1.54, 1.807) is 0 Å². The molecule has 0 heterocycles. The van der Waals surface area contributed by atoms with Gasteiger partial charge in [-0.25, -0.2) is 0 Å². The van der Waals surface area contributed by atoms with Crippen LogP contribution in [0.4, 0.5) is 5.69 Å². The molecule has 0 aliphatic rings. The molecule has 0 saturated heterocycles. The van der Waals surface area contributed by atoms with Crippen molar-refractivity contribution in [2.24, 2.45) is 0 Å². The van der Waals surface area contributed by atoms with E-state index in [9.17, 15) is 4.79 Å². The monoisotopic (exact) mass is 220 g/mol. The fourth-order valence-electron chi connectivity index (χ4n) is 1.53. The van der Waals surface area contributed by atoms with Crippen molar-refractivity contribution >= 4 is 11.6 Å². The number of nitrogens with one attached hydrogen (secondary N) is 1. The molecule has 0 atom stereocenters. The molecule has 16 heavy (non-hydrogen) atoms. The van der Waals surface area contributed by atoms with Gasteiger partial charge in [-0.2, -0.15) is 0 Å². The van der Waals surface area contributed by atoms with Crippen LogP contribution in [-0.2, 0) is 11.2 Å². The van der Waals surface area contributed by atoms with E-state index in [1.165, 1.54) is 6.42 Å². The molecule has 1 aromatic carbocycles. The number of para-hydroxylation sites is 1. The zero-order chi connectivity index (χ0) is 11.8. The van der Waals surface area contributed by atoms with Crippen molar-refractivity contribution in [3.8, 4) is 0 Å². The number of carbonyl (C=O) groups is 1. The van der Waals surface area contributed by atoms with Gasteiger partial charge in [0.15, 0.2) is 0 Å². The lowest BCUT2D eigenvalue weighted by Crippen LogP contribution is -2.26. The molecule has 88 valence electrons. The van der Waals surface area contributed by atoms with Gasteiger partial charge in [-0.15, -0.1) is 0 Å². The lowest BCUT2D eigenvalue weighted by Gasteiger charge is -2.06. The van der Waals surface area contributed by atoms with Crippen LogP contribution in [-0.4, -0.2) is 12.5 Å². The van der Waals surface area contributed by atoms with Crippen LogP contribution in [0.5, 0.6) is 0 Å². The molecular formula is C13H20N2O. The zero-order valence-corrected chi connectivity index (χ0v) is 9.83. The van der Waals surface area contributed by atoms with Crippen molar-refractivity contribution in [1.82, 2.24) is 5.32 Å². The zero-order valence-electron chi connectivity index (χ0n) is 9.83. The molecule has 3 N–H and O–H groups in total. The number of nitrogens with two attached hydrogens (primary N) is 1. The molecule has 0 aromatic heterocycles. The summed E-state index contributed by atoms with van der Waals surface area (Å²) in [7, 11) is 0. The van der Waals surface area contributed by atoms with Crippen LogP contribution in [0, 0.1) is 0 Å². The molecule has 0 bridgehead atoms. The number of anilines is 1. The molecule has 0 spiro atoms. The van der Waals surface area contributed by atoms with Crippen LogP contribution in [0.3, 0.4) is 0 Å². The Morgan fingerprint density at radius 2 is 2.06 bits per heavy atom. The number of hydrogen-bond donors (Lipinski definition) is 2. The average Bonchev–Trinajstić information content (AvgIpc) is 2.28. The molecule has 0 unspecified atom stereocenters. The van der Waals surface area contributed by atoms with Crippen LogP contribution in [0.15, 0.2) is 24.3 Å². The molecule has 0 aliphatic heterocycles. The van der Waals surface area contributed by atoms with Crippen LogP contribution in [0.2, 0.25) is 0 Å². The first-order chi connectivity index (χ1) is 7.74. The number of benzene rings is 1. The lowest BCUT2D eigenvalue weighted by molar-refractivity contribution is -0.120. The summed E-state index contributed by atoms with van der Waals surface area (Å²) < 4.78 is 0. The summed E-state index contributed by atoms with van der Waals surface area (Å²) in [6.45, 7) is 2.91. The topological polar surface area (TPSA) is 55.1 Å². The summed E-state index contributed by atoms with van der Waals surface area (Å²) >= 11 is 0. The highest BCUT2D eigenvalue weighted by molar-refractivity contribution is 5.80. The third-order valence-electron chi connectivity index (χ3n) is 2.51. The number of unbranched alkanes of at least 4 members (excludes halogenated alkanes) is 2. The number of nitrogen functional groups attached to an aromatic ring is 1. The second-order valence-corrected chi connectivity index (χ2v) is 3.93. The quantitative estimate of drug-likeness (QED) is 0.570. The number of amides is 1. The average molecular weight is 220 g/mol. The number of carbonyl (C=O) groups excluding carboxylic acids is 1. The maximum atomic E-state index is 11.6. The molecule has 0 fully saturated rings. The van der Waals surface area contributed by atoms with E-state index in [0.717, 1.165) is 24.9 Å². The van der Waals surface area contributed by atoms with Crippen LogP contribution in [0.25, 0.3) is 0 Å². The minimum absolute atomic E-state index is 0.0500. The molecule has 1 amide bonds. The van der Waals surface area contributed by atoms with Gasteiger partial charge >= 0.3 is 0 Å². The van der Waals surface area contributed by atoms with Crippen LogP contribution < -0.4 is 11.1 Å². The molecule has 0 radical (unpaired) electrons. The first kappa shape index (κ1) is 12.6. The Morgan fingerprint density at radius 3 is 2.75 bits per heavy atom. The van der Waals surface area contributed by atoms with E-state index in [1.807, 2.05) is 24.3 Å². The summed E-state index contributed by atoms with van der Waals surface area (Å²) in [4.78, 5) is 11.6. The third-order valence-corrected chi connectivity index (χ3v) is 2.51. The van der Waals surface area contributed by atoms with Gasteiger partial charge in [-0.05, 0) is 18.1 Å². The van der Waals surface area contributed by atoms with Crippen molar-refractivity contribution < 1.29 is 4.79 Å². The fourth-order valence-corrected chi connectivity index (χ4v) is 1.53. The van der Waals surface area contributed by atoms with Crippen molar-refractivity contribution in [3.63, 3.8) is 0 Å². The van der Waals surface area contributed by atoms with Gasteiger partial charge in [0, 0.05) is 12.2 Å². The first-order valence-electron chi connectivity index (χ1n) is 5.84. The van der Waals surface area contributed by atoms with Crippen LogP contribution >= 0.6 is 0 Å². The van der Waals surface area contributed by atoms with E-state index in [4.69, 9.17) is 5.73 Å². The molecule has 3 nitrogen and oxygen atoms in total. The molecule has 1 aromatic rings. The van der Waals surface area contributed by atoms with E-state index in [-0.39, 0.29) is 5.91 Å². The molecule has 3 heteroatoms. The van der Waals surface area contributed by atoms with Crippen molar-refractivity contribution in [3.05, 3.63) is 29.8 Å². The van der Waals surface area contributed by atoms with Gasteiger partial charge in [0.1, 0.15) is 0 Å². The van der Waals surface area contributed by atoms with Crippen molar-refractivity contribution in [2.45, 2.75) is 32.6 Å². The highest BCUT2D eigenvalue weighted by Crippen LogP contribution is 2.10. The second-order valence-electron chi connectivity index (χ2n) is 3.93. The Morgan fingerprint density at radius 1 is 1.31 bits per heavy atom. The van der Waals surface area contributed by atoms with Crippen molar-refractivity contribution in [1.29, 1.82) is 0 Å². The van der Waals surface area contributed by atoms with Crippen LogP contribution in [0.1, 0.15) is 31.7 Å². The Balaban J connectivity index is 2.32. The maximum Gasteiger partial charge on any atom is 0.224 e. The Hall–Kier alpha value is -1.51. The normalized spacial score (nSPS) is 10.1. The van der Waals surface area contributed by atoms with E-state index < -0.39 is 0 Å². The maximum absolute atomic E-state index is 11.6. The second kappa shape index (κ2) is 6.88. The number of rotatable bonds is 6. The fraction of sp³-hybridized carbons (Fsp3) is 0.462. The van der Waals surface area contributed by atoms with Gasteiger partial charge in [0.05, 0.1) is 6.42 Å². The predicted octanol–water partition coefficient (Wildman–Crippen LogP) is 2.12. The molecule has 1 rings (SSSR count). The molecular weight excluding hydrogens is 200 g/mol. The summed E-state index contributed by atoms with van der Waals surface area (Å²) in [5.74, 6) is 0.0500. The predicted molar refractivity (Wildman–Crippen MR) is 67.1 cm³/mol. The molecule has 0 aliphatic carbocycles. The number of hydrogen-bond acceptors (Lipinski definition) is 2. The van der Waals surface area contributed by atoms with Gasteiger partial charge in [0.2, 0.25) is 5.91 Å². The van der Waals surface area contributed by atoms with Crippen molar-refractivity contribution in [2.75, 3.05) is 12.3 Å². The summed E-state index contributed by atoms with van der Waals surface area (Å²) in [5.41, 5.74) is 7.35. The van der Waals surface area contributed by atoms with Gasteiger partial charge in [0.25, 0.3) is 0 Å². The minimum Gasteiger partial charge on any atom is -0.398 e. The van der Waals surface area contributed by atoms with E-state index >= 15 is 0 Å². The third kappa shape index (κ3) is 4.34. The lowest BCUT2D eigenvalue weighted by atomic mass is 10.1. The van der Waals surface area contributed by atoms with E-state index in [0.29, 0.717) is 12.1 Å². The first-order valence-corrected chi connectivity index (χ1v) is 5.84.